The first kappa shape index (κ1) is 16.4. The molecule has 0 radical (unpaired) electrons. The van der Waals surface area contributed by atoms with Crippen LogP contribution in [0, 0.1) is 0 Å². The molecule has 0 spiro atoms. The summed E-state index contributed by atoms with van der Waals surface area (Å²) in [5.41, 5.74) is 8.46. The monoisotopic (exact) mass is 299 g/mol. The number of hydrogen-bond donors (Lipinski definition) is 1. The summed E-state index contributed by atoms with van der Waals surface area (Å²) in [5.74, 6) is 1.93. The van der Waals surface area contributed by atoms with Crippen molar-refractivity contribution in [2.24, 2.45) is 5.73 Å². The first-order chi connectivity index (χ1) is 10.8. The summed E-state index contributed by atoms with van der Waals surface area (Å²) in [7, 11) is 0. The normalized spacial score (nSPS) is 12.0. The van der Waals surface area contributed by atoms with Crippen LogP contribution in [0.4, 0.5) is 0 Å². The molecule has 1 unspecified atom stereocenters. The third-order valence-electron chi connectivity index (χ3n) is 3.65. The van der Waals surface area contributed by atoms with Gasteiger partial charge in [0.15, 0.2) is 11.5 Å². The first-order valence-corrected chi connectivity index (χ1v) is 7.92. The summed E-state index contributed by atoms with van der Waals surface area (Å²) < 4.78 is 11.3. The Hall–Kier alpha value is -2.00. The Labute approximate surface area is 133 Å². The van der Waals surface area contributed by atoms with Crippen molar-refractivity contribution in [1.29, 1.82) is 0 Å². The molecular weight excluding hydrogens is 274 g/mol. The minimum atomic E-state index is 0.314. The molecule has 1 atom stereocenters. The number of hydrogen-bond acceptors (Lipinski definition) is 3. The molecule has 2 aromatic rings. The van der Waals surface area contributed by atoms with Crippen LogP contribution in [0.1, 0.15) is 30.9 Å². The fourth-order valence-corrected chi connectivity index (χ4v) is 2.57. The Morgan fingerprint density at radius 2 is 1.59 bits per heavy atom. The van der Waals surface area contributed by atoms with Gasteiger partial charge in [-0.1, -0.05) is 36.4 Å². The fraction of sp³-hybridized carbons (Fsp3) is 0.368. The van der Waals surface area contributed by atoms with E-state index >= 15 is 0 Å². The van der Waals surface area contributed by atoms with Gasteiger partial charge in [-0.05, 0) is 50.1 Å². The third kappa shape index (κ3) is 4.25. The molecule has 2 N–H and O–H groups in total. The molecule has 0 aromatic heterocycles. The van der Waals surface area contributed by atoms with Gasteiger partial charge in [0.1, 0.15) is 0 Å². The molecule has 22 heavy (non-hydrogen) atoms. The van der Waals surface area contributed by atoms with E-state index < -0.39 is 0 Å². The second kappa shape index (κ2) is 8.44. The Bertz CT molecular complexity index is 569. The second-order valence-electron chi connectivity index (χ2n) is 5.19. The molecule has 0 saturated heterocycles. The quantitative estimate of drug-likeness (QED) is 0.807. The van der Waals surface area contributed by atoms with Crippen LogP contribution in [0.2, 0.25) is 0 Å². The van der Waals surface area contributed by atoms with Crippen molar-refractivity contribution in [3.05, 3.63) is 59.7 Å². The highest BCUT2D eigenvalue weighted by Gasteiger charge is 2.13. The van der Waals surface area contributed by atoms with Gasteiger partial charge in [0, 0.05) is 5.92 Å². The summed E-state index contributed by atoms with van der Waals surface area (Å²) in [6.45, 7) is 5.84. The maximum Gasteiger partial charge on any atom is 0.161 e. The highest BCUT2D eigenvalue weighted by Crippen LogP contribution is 2.30. The number of rotatable bonds is 8. The molecule has 2 aromatic carbocycles. The molecule has 0 bridgehead atoms. The molecule has 0 fully saturated rings. The van der Waals surface area contributed by atoms with Crippen LogP contribution in [-0.4, -0.2) is 19.8 Å². The molecule has 2 rings (SSSR count). The van der Waals surface area contributed by atoms with E-state index in [-0.39, 0.29) is 0 Å². The van der Waals surface area contributed by atoms with Gasteiger partial charge in [0.05, 0.1) is 13.2 Å². The maximum absolute atomic E-state index is 5.97. The van der Waals surface area contributed by atoms with E-state index in [0.717, 1.165) is 17.9 Å². The SMILES string of the molecule is CCOc1ccc(CC(CN)c2ccccc2)cc1OCC. The van der Waals surface area contributed by atoms with E-state index in [1.165, 1.54) is 11.1 Å². The lowest BCUT2D eigenvalue weighted by Gasteiger charge is -2.17. The van der Waals surface area contributed by atoms with Crippen molar-refractivity contribution >= 4 is 0 Å². The van der Waals surface area contributed by atoms with Gasteiger partial charge in [-0.15, -0.1) is 0 Å². The molecule has 0 amide bonds. The zero-order valence-corrected chi connectivity index (χ0v) is 13.4. The molecule has 3 heteroatoms. The van der Waals surface area contributed by atoms with Gasteiger partial charge in [-0.25, -0.2) is 0 Å². The summed E-state index contributed by atoms with van der Waals surface area (Å²) in [6, 6.07) is 16.6. The zero-order chi connectivity index (χ0) is 15.8. The summed E-state index contributed by atoms with van der Waals surface area (Å²) in [5, 5.41) is 0. The summed E-state index contributed by atoms with van der Waals surface area (Å²) in [4.78, 5) is 0. The van der Waals surface area contributed by atoms with Gasteiger partial charge in [0.2, 0.25) is 0 Å². The average Bonchev–Trinajstić information content (AvgIpc) is 2.56. The zero-order valence-electron chi connectivity index (χ0n) is 13.4. The Kier molecular flexibility index (Phi) is 6.28. The maximum atomic E-state index is 5.97. The lowest BCUT2D eigenvalue weighted by atomic mass is 9.92. The lowest BCUT2D eigenvalue weighted by Crippen LogP contribution is -2.15. The van der Waals surface area contributed by atoms with Gasteiger partial charge >= 0.3 is 0 Å². The summed E-state index contributed by atoms with van der Waals surface area (Å²) in [6.07, 6.45) is 0.896. The van der Waals surface area contributed by atoms with Crippen molar-refractivity contribution in [3.8, 4) is 11.5 Å². The van der Waals surface area contributed by atoms with Gasteiger partial charge < -0.3 is 15.2 Å². The Morgan fingerprint density at radius 1 is 0.909 bits per heavy atom. The summed E-state index contributed by atoms with van der Waals surface area (Å²) >= 11 is 0. The number of benzene rings is 2. The minimum absolute atomic E-state index is 0.314. The van der Waals surface area contributed by atoms with Crippen molar-refractivity contribution in [2.75, 3.05) is 19.8 Å². The van der Waals surface area contributed by atoms with Crippen molar-refractivity contribution < 1.29 is 9.47 Å². The molecule has 0 saturated carbocycles. The van der Waals surface area contributed by atoms with Gasteiger partial charge in [0.25, 0.3) is 0 Å². The van der Waals surface area contributed by atoms with Crippen LogP contribution in [0.5, 0.6) is 11.5 Å². The Morgan fingerprint density at radius 3 is 2.23 bits per heavy atom. The van der Waals surface area contributed by atoms with E-state index in [4.69, 9.17) is 15.2 Å². The van der Waals surface area contributed by atoms with Crippen molar-refractivity contribution in [1.82, 2.24) is 0 Å². The highest BCUT2D eigenvalue weighted by atomic mass is 16.5. The molecule has 3 nitrogen and oxygen atoms in total. The second-order valence-corrected chi connectivity index (χ2v) is 5.19. The third-order valence-corrected chi connectivity index (χ3v) is 3.65. The van der Waals surface area contributed by atoms with Crippen LogP contribution < -0.4 is 15.2 Å². The lowest BCUT2D eigenvalue weighted by molar-refractivity contribution is 0.287. The molecule has 0 aliphatic carbocycles. The van der Waals surface area contributed by atoms with Crippen molar-refractivity contribution in [3.63, 3.8) is 0 Å². The predicted molar refractivity (Wildman–Crippen MR) is 90.7 cm³/mol. The first-order valence-electron chi connectivity index (χ1n) is 7.92. The number of ether oxygens (including phenoxy) is 2. The van der Waals surface area contributed by atoms with Crippen LogP contribution in [0.15, 0.2) is 48.5 Å². The van der Waals surface area contributed by atoms with E-state index in [0.29, 0.717) is 25.7 Å². The van der Waals surface area contributed by atoms with Gasteiger partial charge in [-0.2, -0.15) is 0 Å². The largest absolute Gasteiger partial charge is 0.490 e. The minimum Gasteiger partial charge on any atom is -0.490 e. The van der Waals surface area contributed by atoms with Crippen LogP contribution in [0.3, 0.4) is 0 Å². The van der Waals surface area contributed by atoms with Gasteiger partial charge in [-0.3, -0.25) is 0 Å². The molecule has 0 aliphatic heterocycles. The molecule has 118 valence electrons. The van der Waals surface area contributed by atoms with Crippen LogP contribution in [0.25, 0.3) is 0 Å². The Balaban J connectivity index is 2.19. The van der Waals surface area contributed by atoms with E-state index in [2.05, 4.69) is 36.4 Å². The van der Waals surface area contributed by atoms with Crippen molar-refractivity contribution in [2.45, 2.75) is 26.2 Å². The molecular formula is C19H25NO2. The standard InChI is InChI=1S/C19H25NO2/c1-3-21-18-11-10-15(13-19(18)22-4-2)12-17(14-20)16-8-6-5-7-9-16/h5-11,13,17H,3-4,12,14,20H2,1-2H3. The van der Waals surface area contributed by atoms with E-state index in [9.17, 15) is 0 Å². The number of nitrogens with two attached hydrogens (primary N) is 1. The highest BCUT2D eigenvalue weighted by molar-refractivity contribution is 5.43. The molecule has 0 aliphatic rings. The molecule has 0 heterocycles. The van der Waals surface area contributed by atoms with E-state index in [1.54, 1.807) is 0 Å². The smallest absolute Gasteiger partial charge is 0.161 e. The fourth-order valence-electron chi connectivity index (χ4n) is 2.57. The average molecular weight is 299 g/mol. The van der Waals surface area contributed by atoms with Crippen LogP contribution in [-0.2, 0) is 6.42 Å². The topological polar surface area (TPSA) is 44.5 Å². The predicted octanol–water partition coefficient (Wildman–Crippen LogP) is 3.77. The van der Waals surface area contributed by atoms with E-state index in [1.807, 2.05) is 26.0 Å². The van der Waals surface area contributed by atoms with Crippen LogP contribution >= 0.6 is 0 Å².